The summed E-state index contributed by atoms with van der Waals surface area (Å²) in [5.74, 6) is -0.560. The van der Waals surface area contributed by atoms with Gasteiger partial charge < -0.3 is 10.1 Å². The molecule has 10 heavy (non-hydrogen) atoms. The average molecular weight is 142 g/mol. The Morgan fingerprint density at radius 3 is 2.20 bits per heavy atom. The summed E-state index contributed by atoms with van der Waals surface area (Å²) in [6, 6.07) is 0. The zero-order valence-corrected chi connectivity index (χ0v) is 6.26. The average Bonchev–Trinajstić information content (AvgIpc) is 1.88. The first-order chi connectivity index (χ1) is 4.63. The van der Waals surface area contributed by atoms with Crippen molar-refractivity contribution < 1.29 is 9.53 Å². The third-order valence-corrected chi connectivity index (χ3v) is 0.958. The maximum atomic E-state index is 10.7. The highest BCUT2D eigenvalue weighted by Crippen LogP contribution is 1.84. The van der Waals surface area contributed by atoms with Crippen LogP contribution < -0.4 is 0 Å². The van der Waals surface area contributed by atoms with E-state index in [0.717, 1.165) is 0 Å². The molecule has 0 aromatic carbocycles. The Bertz CT molecular complexity index is 184. The summed E-state index contributed by atoms with van der Waals surface area (Å²) >= 11 is 0. The van der Waals surface area contributed by atoms with Crippen molar-refractivity contribution in [3.63, 3.8) is 0 Å². The van der Waals surface area contributed by atoms with Gasteiger partial charge in [0, 0.05) is 7.05 Å². The molecule has 0 aromatic rings. The highest BCUT2D eigenvalue weighted by molar-refractivity contribution is 6.64. The van der Waals surface area contributed by atoms with E-state index in [-0.39, 0.29) is 11.4 Å². The van der Waals surface area contributed by atoms with Crippen LogP contribution in [0.25, 0.3) is 0 Å². The van der Waals surface area contributed by atoms with Crippen LogP contribution in [-0.2, 0) is 9.53 Å². The molecular formula is C6H10N2O2. The second-order valence-corrected chi connectivity index (χ2v) is 1.69. The van der Waals surface area contributed by atoms with E-state index in [1.54, 1.807) is 0 Å². The highest BCUT2D eigenvalue weighted by atomic mass is 16.5. The molecule has 0 aromatic heterocycles. The van der Waals surface area contributed by atoms with Crippen LogP contribution in [0.2, 0.25) is 0 Å². The number of hydrogen-bond acceptors (Lipinski definition) is 4. The molecule has 0 aliphatic heterocycles. The summed E-state index contributed by atoms with van der Waals surface area (Å²) in [6.45, 7) is 1.49. The molecule has 0 saturated carbocycles. The van der Waals surface area contributed by atoms with E-state index in [9.17, 15) is 4.79 Å². The van der Waals surface area contributed by atoms with Crippen LogP contribution in [0.15, 0.2) is 4.99 Å². The van der Waals surface area contributed by atoms with Gasteiger partial charge in [-0.2, -0.15) is 0 Å². The minimum Gasteiger partial charge on any atom is -0.464 e. The minimum atomic E-state index is -0.560. The van der Waals surface area contributed by atoms with Gasteiger partial charge in [-0.15, -0.1) is 0 Å². The van der Waals surface area contributed by atoms with Gasteiger partial charge in [0.2, 0.25) is 0 Å². The van der Waals surface area contributed by atoms with E-state index in [2.05, 4.69) is 9.73 Å². The lowest BCUT2D eigenvalue weighted by Crippen LogP contribution is -2.22. The van der Waals surface area contributed by atoms with Gasteiger partial charge in [0.25, 0.3) is 0 Å². The van der Waals surface area contributed by atoms with Crippen molar-refractivity contribution in [1.29, 1.82) is 5.41 Å². The third kappa shape index (κ3) is 1.97. The number of nitrogens with one attached hydrogen (secondary N) is 1. The number of methoxy groups -OCH3 is 1. The van der Waals surface area contributed by atoms with Crippen LogP contribution in [0.5, 0.6) is 0 Å². The molecule has 0 rings (SSSR count). The van der Waals surface area contributed by atoms with Crippen molar-refractivity contribution in [2.75, 3.05) is 14.2 Å². The summed E-state index contributed by atoms with van der Waals surface area (Å²) in [6.07, 6.45) is 0. The zero-order valence-electron chi connectivity index (χ0n) is 6.26. The second kappa shape index (κ2) is 3.76. The molecule has 0 atom stereocenters. The first-order valence-electron chi connectivity index (χ1n) is 2.74. The van der Waals surface area contributed by atoms with Crippen LogP contribution in [0.1, 0.15) is 6.92 Å². The van der Waals surface area contributed by atoms with E-state index < -0.39 is 5.97 Å². The monoisotopic (exact) mass is 142 g/mol. The smallest absolute Gasteiger partial charge is 0.358 e. The molecule has 0 radical (unpaired) electrons. The molecule has 0 unspecified atom stereocenters. The third-order valence-electron chi connectivity index (χ3n) is 0.958. The fourth-order valence-corrected chi connectivity index (χ4v) is 0.509. The summed E-state index contributed by atoms with van der Waals surface area (Å²) in [7, 11) is 2.71. The standard InChI is InChI=1S/C6H10N2O2/c1-4(7)5(8-2)6(9)10-3/h7H,1-3H3. The van der Waals surface area contributed by atoms with E-state index in [1.807, 2.05) is 0 Å². The Hall–Kier alpha value is -1.19. The summed E-state index contributed by atoms with van der Waals surface area (Å²) in [5, 5.41) is 7.05. The molecule has 4 heteroatoms. The molecule has 0 heterocycles. The Morgan fingerprint density at radius 1 is 1.60 bits per heavy atom. The fourth-order valence-electron chi connectivity index (χ4n) is 0.509. The summed E-state index contributed by atoms with van der Waals surface area (Å²) < 4.78 is 4.35. The van der Waals surface area contributed by atoms with Gasteiger partial charge in [-0.1, -0.05) is 0 Å². The van der Waals surface area contributed by atoms with Crippen LogP contribution in [0.4, 0.5) is 0 Å². The largest absolute Gasteiger partial charge is 0.464 e. The van der Waals surface area contributed by atoms with Crippen molar-refractivity contribution in [2.45, 2.75) is 6.92 Å². The number of nitrogens with zero attached hydrogens (tertiary/aromatic N) is 1. The van der Waals surface area contributed by atoms with Crippen molar-refractivity contribution in [2.24, 2.45) is 4.99 Å². The van der Waals surface area contributed by atoms with Crippen LogP contribution >= 0.6 is 0 Å². The quantitative estimate of drug-likeness (QED) is 0.444. The van der Waals surface area contributed by atoms with Crippen molar-refractivity contribution in [3.05, 3.63) is 0 Å². The Kier molecular flexibility index (Phi) is 3.32. The molecule has 0 saturated heterocycles. The van der Waals surface area contributed by atoms with Gasteiger partial charge in [0.15, 0.2) is 5.71 Å². The van der Waals surface area contributed by atoms with Crippen molar-refractivity contribution in [1.82, 2.24) is 0 Å². The summed E-state index contributed by atoms with van der Waals surface area (Å²) in [4.78, 5) is 14.3. The molecule has 0 spiro atoms. The van der Waals surface area contributed by atoms with Crippen LogP contribution in [-0.4, -0.2) is 31.6 Å². The molecule has 0 fully saturated rings. The fraction of sp³-hybridized carbons (Fsp3) is 0.500. The predicted molar refractivity (Wildman–Crippen MR) is 38.8 cm³/mol. The van der Waals surface area contributed by atoms with Gasteiger partial charge in [-0.05, 0) is 6.92 Å². The van der Waals surface area contributed by atoms with E-state index in [4.69, 9.17) is 5.41 Å². The van der Waals surface area contributed by atoms with E-state index in [1.165, 1.54) is 21.1 Å². The van der Waals surface area contributed by atoms with Gasteiger partial charge in [0.05, 0.1) is 12.8 Å². The lowest BCUT2D eigenvalue weighted by molar-refractivity contribution is -0.132. The number of carbonyl (C=O) groups is 1. The Balaban J connectivity index is 4.39. The molecule has 1 N–H and O–H groups in total. The number of esters is 1. The van der Waals surface area contributed by atoms with Crippen LogP contribution in [0.3, 0.4) is 0 Å². The number of carbonyl (C=O) groups excluding carboxylic acids is 1. The second-order valence-electron chi connectivity index (χ2n) is 1.69. The Morgan fingerprint density at radius 2 is 2.10 bits per heavy atom. The first kappa shape index (κ1) is 8.81. The number of ether oxygens (including phenoxy) is 1. The van der Waals surface area contributed by atoms with Gasteiger partial charge >= 0.3 is 5.97 Å². The normalized spacial score (nSPS) is 10.9. The lowest BCUT2D eigenvalue weighted by atomic mass is 10.2. The van der Waals surface area contributed by atoms with Gasteiger partial charge in [-0.25, -0.2) is 4.79 Å². The maximum absolute atomic E-state index is 10.7. The summed E-state index contributed by atoms with van der Waals surface area (Å²) in [5.41, 5.74) is 0.192. The van der Waals surface area contributed by atoms with Gasteiger partial charge in [0.1, 0.15) is 0 Å². The lowest BCUT2D eigenvalue weighted by Gasteiger charge is -1.98. The molecule has 0 aliphatic rings. The number of aliphatic imine (C=N–C) groups is 1. The minimum absolute atomic E-state index is 0.0718. The molecule has 0 aliphatic carbocycles. The maximum Gasteiger partial charge on any atom is 0.358 e. The van der Waals surface area contributed by atoms with Crippen molar-refractivity contribution in [3.8, 4) is 0 Å². The van der Waals surface area contributed by atoms with Crippen LogP contribution in [0, 0.1) is 5.41 Å². The Labute approximate surface area is 59.4 Å². The SMILES string of the molecule is CN=C(C(C)=N)C(=O)OC. The zero-order chi connectivity index (χ0) is 8.15. The molecule has 4 nitrogen and oxygen atoms in total. The van der Waals surface area contributed by atoms with Crippen molar-refractivity contribution >= 4 is 17.4 Å². The predicted octanol–water partition coefficient (Wildman–Crippen LogP) is 0.270. The molecule has 56 valence electrons. The molecule has 0 amide bonds. The number of rotatable bonds is 2. The molecular weight excluding hydrogens is 132 g/mol. The van der Waals surface area contributed by atoms with Gasteiger partial charge in [-0.3, -0.25) is 4.99 Å². The topological polar surface area (TPSA) is 62.5 Å². The first-order valence-corrected chi connectivity index (χ1v) is 2.74. The van der Waals surface area contributed by atoms with E-state index in [0.29, 0.717) is 0 Å². The highest BCUT2D eigenvalue weighted by Gasteiger charge is 2.11. The van der Waals surface area contributed by atoms with E-state index >= 15 is 0 Å². The number of hydrogen-bond donors (Lipinski definition) is 1. The molecule has 0 bridgehead atoms.